The molecule has 1 fully saturated rings. The number of carbonyl (C=O) groups is 1. The Labute approximate surface area is 141 Å². The molecule has 0 aromatic carbocycles. The van der Waals surface area contributed by atoms with Crippen molar-refractivity contribution in [3.8, 4) is 11.3 Å². The summed E-state index contributed by atoms with van der Waals surface area (Å²) in [6, 6.07) is 0. The van der Waals surface area contributed by atoms with Crippen LogP contribution in [0.15, 0.2) is 12.4 Å². The summed E-state index contributed by atoms with van der Waals surface area (Å²) in [6.45, 7) is 5.66. The van der Waals surface area contributed by atoms with Crippen molar-refractivity contribution >= 4 is 5.91 Å². The van der Waals surface area contributed by atoms with E-state index in [1.807, 2.05) is 31.1 Å². The molecule has 0 bridgehead atoms. The Hall–Kier alpha value is -2.28. The van der Waals surface area contributed by atoms with Gasteiger partial charge in [0, 0.05) is 37.7 Å². The molecular weight excluding hydrogens is 306 g/mol. The topological polar surface area (TPSA) is 84.0 Å². The SMILES string of the molecule is COCC(=O)N1CC[C@@H](Cc2cnc(-c3c(C)n[nH]c3C)cn2)C1. The van der Waals surface area contributed by atoms with Crippen molar-refractivity contribution in [1.82, 2.24) is 25.1 Å². The zero-order valence-corrected chi connectivity index (χ0v) is 14.4. The number of likely N-dealkylation sites (tertiary alicyclic amines) is 1. The molecule has 0 spiro atoms. The van der Waals surface area contributed by atoms with Crippen molar-refractivity contribution in [3.63, 3.8) is 0 Å². The van der Waals surface area contributed by atoms with E-state index in [1.54, 1.807) is 7.11 Å². The first-order chi connectivity index (χ1) is 11.6. The molecule has 1 atom stereocenters. The molecule has 128 valence electrons. The molecule has 7 nitrogen and oxygen atoms in total. The van der Waals surface area contributed by atoms with Crippen molar-refractivity contribution in [2.24, 2.45) is 5.92 Å². The van der Waals surface area contributed by atoms with Crippen molar-refractivity contribution in [3.05, 3.63) is 29.5 Å². The summed E-state index contributed by atoms with van der Waals surface area (Å²) in [7, 11) is 1.55. The van der Waals surface area contributed by atoms with Gasteiger partial charge in [-0.15, -0.1) is 0 Å². The number of methoxy groups -OCH3 is 1. The average Bonchev–Trinajstić information content (AvgIpc) is 3.16. The van der Waals surface area contributed by atoms with Crippen LogP contribution in [0.5, 0.6) is 0 Å². The molecule has 0 radical (unpaired) electrons. The lowest BCUT2D eigenvalue weighted by atomic mass is 10.0. The summed E-state index contributed by atoms with van der Waals surface area (Å²) in [6.07, 6.45) is 5.48. The first-order valence-electron chi connectivity index (χ1n) is 8.18. The molecule has 3 heterocycles. The monoisotopic (exact) mass is 329 g/mol. The Balaban J connectivity index is 1.62. The second kappa shape index (κ2) is 7.09. The van der Waals surface area contributed by atoms with E-state index in [-0.39, 0.29) is 12.5 Å². The lowest BCUT2D eigenvalue weighted by Gasteiger charge is -2.15. The van der Waals surface area contributed by atoms with Crippen LogP contribution in [0, 0.1) is 19.8 Å². The summed E-state index contributed by atoms with van der Waals surface area (Å²) in [5.74, 6) is 0.496. The number of hydrogen-bond acceptors (Lipinski definition) is 5. The molecule has 1 aliphatic heterocycles. The minimum atomic E-state index is 0.0624. The largest absolute Gasteiger partial charge is 0.375 e. The van der Waals surface area contributed by atoms with Crippen LogP contribution in [0.25, 0.3) is 11.3 Å². The quantitative estimate of drug-likeness (QED) is 0.899. The van der Waals surface area contributed by atoms with Crippen LogP contribution in [-0.2, 0) is 16.0 Å². The Morgan fingerprint density at radius 1 is 1.38 bits per heavy atom. The fraction of sp³-hybridized carbons (Fsp3) is 0.529. The number of aryl methyl sites for hydroxylation is 2. The maximum absolute atomic E-state index is 11.8. The van der Waals surface area contributed by atoms with Gasteiger partial charge in [0.2, 0.25) is 5.91 Å². The van der Waals surface area contributed by atoms with Gasteiger partial charge >= 0.3 is 0 Å². The van der Waals surface area contributed by atoms with Crippen LogP contribution < -0.4 is 0 Å². The highest BCUT2D eigenvalue weighted by Crippen LogP contribution is 2.24. The lowest BCUT2D eigenvalue weighted by Crippen LogP contribution is -2.31. The van der Waals surface area contributed by atoms with E-state index in [4.69, 9.17) is 4.74 Å². The minimum absolute atomic E-state index is 0.0624. The van der Waals surface area contributed by atoms with E-state index in [0.29, 0.717) is 5.92 Å². The second-order valence-electron chi connectivity index (χ2n) is 6.33. The summed E-state index contributed by atoms with van der Waals surface area (Å²) in [4.78, 5) is 22.8. The van der Waals surface area contributed by atoms with Gasteiger partial charge in [0.15, 0.2) is 0 Å². The summed E-state index contributed by atoms with van der Waals surface area (Å²) >= 11 is 0. The van der Waals surface area contributed by atoms with Crippen LogP contribution in [0.4, 0.5) is 0 Å². The van der Waals surface area contributed by atoms with Gasteiger partial charge < -0.3 is 9.64 Å². The number of aromatic nitrogens is 4. The van der Waals surface area contributed by atoms with Gasteiger partial charge in [-0.1, -0.05) is 0 Å². The van der Waals surface area contributed by atoms with E-state index >= 15 is 0 Å². The Morgan fingerprint density at radius 3 is 2.83 bits per heavy atom. The molecule has 1 N–H and O–H groups in total. The van der Waals surface area contributed by atoms with E-state index in [9.17, 15) is 4.79 Å². The predicted octanol–water partition coefficient (Wildman–Crippen LogP) is 1.52. The molecule has 1 amide bonds. The molecule has 1 aliphatic rings. The van der Waals surface area contributed by atoms with E-state index < -0.39 is 0 Å². The van der Waals surface area contributed by atoms with Gasteiger partial charge in [0.25, 0.3) is 0 Å². The molecular formula is C17H23N5O2. The molecule has 0 aliphatic carbocycles. The average molecular weight is 329 g/mol. The normalized spacial score (nSPS) is 17.5. The van der Waals surface area contributed by atoms with Crippen molar-refractivity contribution in [2.45, 2.75) is 26.7 Å². The third kappa shape index (κ3) is 3.46. The predicted molar refractivity (Wildman–Crippen MR) is 89.4 cm³/mol. The number of rotatable bonds is 5. The molecule has 2 aromatic rings. The zero-order chi connectivity index (χ0) is 17.1. The van der Waals surface area contributed by atoms with Crippen molar-refractivity contribution < 1.29 is 9.53 Å². The molecule has 2 aromatic heterocycles. The summed E-state index contributed by atoms with van der Waals surface area (Å²) < 4.78 is 4.92. The second-order valence-corrected chi connectivity index (χ2v) is 6.33. The first kappa shape index (κ1) is 16.6. The number of amides is 1. The van der Waals surface area contributed by atoms with E-state index in [0.717, 1.165) is 54.3 Å². The van der Waals surface area contributed by atoms with Gasteiger partial charge in [0.1, 0.15) is 6.61 Å². The van der Waals surface area contributed by atoms with Crippen molar-refractivity contribution in [1.29, 1.82) is 0 Å². The number of ether oxygens (including phenoxy) is 1. The lowest BCUT2D eigenvalue weighted by molar-refractivity contribution is -0.134. The Kier molecular flexibility index (Phi) is 4.89. The Morgan fingerprint density at radius 2 is 2.21 bits per heavy atom. The molecule has 24 heavy (non-hydrogen) atoms. The highest BCUT2D eigenvalue weighted by molar-refractivity contribution is 5.77. The molecule has 7 heteroatoms. The molecule has 1 saturated heterocycles. The number of H-pyrrole nitrogens is 1. The smallest absolute Gasteiger partial charge is 0.248 e. The highest BCUT2D eigenvalue weighted by Gasteiger charge is 2.26. The number of nitrogens with one attached hydrogen (secondary N) is 1. The maximum atomic E-state index is 11.8. The zero-order valence-electron chi connectivity index (χ0n) is 14.4. The minimum Gasteiger partial charge on any atom is -0.375 e. The van der Waals surface area contributed by atoms with Crippen LogP contribution in [0.1, 0.15) is 23.5 Å². The summed E-state index contributed by atoms with van der Waals surface area (Å²) in [5, 5.41) is 7.17. The van der Waals surface area contributed by atoms with E-state index in [2.05, 4.69) is 20.2 Å². The number of aromatic amines is 1. The highest BCUT2D eigenvalue weighted by atomic mass is 16.5. The number of hydrogen-bond donors (Lipinski definition) is 1. The van der Waals surface area contributed by atoms with Crippen LogP contribution in [-0.4, -0.2) is 57.8 Å². The van der Waals surface area contributed by atoms with Gasteiger partial charge in [-0.2, -0.15) is 5.10 Å². The molecule has 3 rings (SSSR count). The molecule has 0 saturated carbocycles. The van der Waals surface area contributed by atoms with Gasteiger partial charge in [0.05, 0.1) is 23.3 Å². The maximum Gasteiger partial charge on any atom is 0.248 e. The number of carbonyl (C=O) groups excluding carboxylic acids is 1. The van der Waals surface area contributed by atoms with E-state index in [1.165, 1.54) is 0 Å². The number of nitrogens with zero attached hydrogens (tertiary/aromatic N) is 4. The fourth-order valence-electron chi connectivity index (χ4n) is 3.25. The van der Waals surface area contributed by atoms with Crippen LogP contribution >= 0.6 is 0 Å². The van der Waals surface area contributed by atoms with Gasteiger partial charge in [-0.05, 0) is 32.6 Å². The van der Waals surface area contributed by atoms with Gasteiger partial charge in [-0.25, -0.2) is 0 Å². The van der Waals surface area contributed by atoms with Crippen molar-refractivity contribution in [2.75, 3.05) is 26.8 Å². The van der Waals surface area contributed by atoms with Crippen LogP contribution in [0.2, 0.25) is 0 Å². The summed E-state index contributed by atoms with van der Waals surface area (Å²) in [5.41, 5.74) is 4.75. The standard InChI is InChI=1S/C17H23N5O2/c1-11-17(12(2)21-20-11)15-8-18-14(7-19-15)6-13-4-5-22(9-13)16(23)10-24-3/h7-8,13H,4-6,9-10H2,1-3H3,(H,20,21)/t13-/m0/s1. The van der Waals surface area contributed by atoms with Gasteiger partial charge in [-0.3, -0.25) is 19.9 Å². The fourth-order valence-corrected chi connectivity index (χ4v) is 3.25. The third-order valence-electron chi connectivity index (χ3n) is 4.49. The molecule has 0 unspecified atom stereocenters. The Bertz CT molecular complexity index is 691. The third-order valence-corrected chi connectivity index (χ3v) is 4.49. The first-order valence-corrected chi connectivity index (χ1v) is 8.18. The van der Waals surface area contributed by atoms with Crippen LogP contribution in [0.3, 0.4) is 0 Å².